The van der Waals surface area contributed by atoms with E-state index in [1.165, 1.54) is 4.90 Å². The number of carbonyl (C=O) groups is 2. The highest BCUT2D eigenvalue weighted by molar-refractivity contribution is 6.07. The van der Waals surface area contributed by atoms with Gasteiger partial charge in [0, 0.05) is 18.7 Å². The summed E-state index contributed by atoms with van der Waals surface area (Å²) in [6.45, 7) is 0.653. The fourth-order valence-corrected chi connectivity index (χ4v) is 4.47. The number of anilines is 1. The number of nitrogens with zero attached hydrogens (tertiary/aromatic N) is 3. The van der Waals surface area contributed by atoms with Gasteiger partial charge in [-0.3, -0.25) is 9.69 Å². The largest absolute Gasteiger partial charge is 0.351 e. The lowest BCUT2D eigenvalue weighted by molar-refractivity contribution is -0.133. The molecular weight excluding hydrogens is 342 g/mol. The predicted molar refractivity (Wildman–Crippen MR) is 90.6 cm³/mol. The SMILES string of the molecule is O=C1NC2(CCCN(c3ncc(F)cc3F)C2)C(=O)N1C1CCCCC1. The van der Waals surface area contributed by atoms with E-state index < -0.39 is 17.2 Å². The van der Waals surface area contributed by atoms with Gasteiger partial charge < -0.3 is 10.2 Å². The number of aromatic nitrogens is 1. The molecule has 1 saturated carbocycles. The van der Waals surface area contributed by atoms with Crippen LogP contribution >= 0.6 is 0 Å². The van der Waals surface area contributed by atoms with Crippen LogP contribution in [0.15, 0.2) is 12.3 Å². The molecule has 1 atom stereocenters. The van der Waals surface area contributed by atoms with E-state index in [1.54, 1.807) is 4.90 Å². The molecule has 1 spiro atoms. The number of halogens is 2. The molecule has 1 N–H and O–H groups in total. The molecule has 2 aliphatic heterocycles. The Balaban J connectivity index is 1.58. The molecular formula is C18H22F2N4O2. The summed E-state index contributed by atoms with van der Waals surface area (Å²) in [6, 6.07) is 0.385. The van der Waals surface area contributed by atoms with Crippen molar-refractivity contribution in [3.8, 4) is 0 Å². The Morgan fingerprint density at radius 1 is 1.15 bits per heavy atom. The Morgan fingerprint density at radius 3 is 2.65 bits per heavy atom. The Labute approximate surface area is 150 Å². The maximum atomic E-state index is 14.1. The third-order valence-corrected chi connectivity index (χ3v) is 5.71. The quantitative estimate of drug-likeness (QED) is 0.820. The first-order valence-electron chi connectivity index (χ1n) is 9.22. The van der Waals surface area contributed by atoms with Gasteiger partial charge in [-0.1, -0.05) is 19.3 Å². The van der Waals surface area contributed by atoms with E-state index >= 15 is 0 Å². The fraction of sp³-hybridized carbons (Fsp3) is 0.611. The van der Waals surface area contributed by atoms with Crippen molar-refractivity contribution in [2.45, 2.75) is 56.5 Å². The van der Waals surface area contributed by atoms with Gasteiger partial charge in [-0.05, 0) is 25.7 Å². The molecule has 0 bridgehead atoms. The van der Waals surface area contributed by atoms with Crippen molar-refractivity contribution in [3.63, 3.8) is 0 Å². The van der Waals surface area contributed by atoms with Crippen LogP contribution in [0.2, 0.25) is 0 Å². The second-order valence-corrected chi connectivity index (χ2v) is 7.46. The van der Waals surface area contributed by atoms with Gasteiger partial charge in [0.15, 0.2) is 11.6 Å². The monoisotopic (exact) mass is 364 g/mol. The van der Waals surface area contributed by atoms with Gasteiger partial charge in [0.25, 0.3) is 5.91 Å². The van der Waals surface area contributed by atoms with Crippen molar-refractivity contribution in [1.82, 2.24) is 15.2 Å². The first-order chi connectivity index (χ1) is 12.5. The van der Waals surface area contributed by atoms with Gasteiger partial charge in [-0.15, -0.1) is 0 Å². The summed E-state index contributed by atoms with van der Waals surface area (Å²) in [5.74, 6) is -1.71. The lowest BCUT2D eigenvalue weighted by Crippen LogP contribution is -2.59. The molecule has 140 valence electrons. The van der Waals surface area contributed by atoms with Crippen LogP contribution in [-0.4, -0.2) is 46.5 Å². The van der Waals surface area contributed by atoms with Crippen LogP contribution in [-0.2, 0) is 4.79 Å². The second-order valence-electron chi connectivity index (χ2n) is 7.46. The number of urea groups is 1. The van der Waals surface area contributed by atoms with Crippen LogP contribution in [0.25, 0.3) is 0 Å². The van der Waals surface area contributed by atoms with Gasteiger partial charge in [0.2, 0.25) is 0 Å². The third kappa shape index (κ3) is 2.81. The average Bonchev–Trinajstić information content (AvgIpc) is 2.85. The average molecular weight is 364 g/mol. The van der Waals surface area contributed by atoms with Crippen LogP contribution in [0, 0.1) is 11.6 Å². The van der Waals surface area contributed by atoms with Crippen molar-refractivity contribution in [2.75, 3.05) is 18.0 Å². The zero-order valence-electron chi connectivity index (χ0n) is 14.5. The van der Waals surface area contributed by atoms with E-state index in [-0.39, 0.29) is 30.3 Å². The minimum absolute atomic E-state index is 0.0173. The zero-order valence-corrected chi connectivity index (χ0v) is 14.5. The number of carbonyl (C=O) groups excluding carboxylic acids is 2. The van der Waals surface area contributed by atoms with E-state index in [1.807, 2.05) is 0 Å². The van der Waals surface area contributed by atoms with E-state index in [9.17, 15) is 18.4 Å². The Kier molecular flexibility index (Phi) is 4.28. The molecule has 6 nitrogen and oxygen atoms in total. The predicted octanol–water partition coefficient (Wildman–Crippen LogP) is 2.58. The Hall–Kier alpha value is -2.25. The lowest BCUT2D eigenvalue weighted by Gasteiger charge is -2.39. The summed E-state index contributed by atoms with van der Waals surface area (Å²) in [4.78, 5) is 32.6. The van der Waals surface area contributed by atoms with Gasteiger partial charge in [-0.25, -0.2) is 18.6 Å². The molecule has 3 heterocycles. The summed E-state index contributed by atoms with van der Waals surface area (Å²) in [5.41, 5.74) is -1.05. The number of amides is 3. The minimum atomic E-state index is -1.05. The number of rotatable bonds is 2. The van der Waals surface area contributed by atoms with Gasteiger partial charge >= 0.3 is 6.03 Å². The van der Waals surface area contributed by atoms with Crippen LogP contribution in [0.1, 0.15) is 44.9 Å². The molecule has 1 unspecified atom stereocenters. The van der Waals surface area contributed by atoms with Gasteiger partial charge in [-0.2, -0.15) is 0 Å². The molecule has 1 aromatic rings. The summed E-state index contributed by atoms with van der Waals surface area (Å²) in [6.07, 6.45) is 6.94. The van der Waals surface area contributed by atoms with Crippen LogP contribution in [0.5, 0.6) is 0 Å². The zero-order chi connectivity index (χ0) is 18.3. The maximum absolute atomic E-state index is 14.1. The first kappa shape index (κ1) is 17.2. The number of imide groups is 1. The van der Waals surface area contributed by atoms with Crippen molar-refractivity contribution >= 4 is 17.8 Å². The number of hydrogen-bond acceptors (Lipinski definition) is 4. The van der Waals surface area contributed by atoms with E-state index in [0.717, 1.165) is 44.4 Å². The normalized spacial score (nSPS) is 27.3. The Bertz CT molecular complexity index is 738. The summed E-state index contributed by atoms with van der Waals surface area (Å²) in [7, 11) is 0. The molecule has 3 fully saturated rings. The van der Waals surface area contributed by atoms with Gasteiger partial charge in [0.05, 0.1) is 12.7 Å². The molecule has 1 aromatic heterocycles. The lowest BCUT2D eigenvalue weighted by atomic mass is 9.87. The van der Waals surface area contributed by atoms with Gasteiger partial charge in [0.1, 0.15) is 11.4 Å². The molecule has 3 aliphatic rings. The van der Waals surface area contributed by atoms with Crippen LogP contribution in [0.3, 0.4) is 0 Å². The highest BCUT2D eigenvalue weighted by Crippen LogP contribution is 2.34. The number of piperidine rings is 1. The molecule has 1 aliphatic carbocycles. The van der Waals surface area contributed by atoms with Crippen LogP contribution in [0.4, 0.5) is 19.4 Å². The highest BCUT2D eigenvalue weighted by Gasteiger charge is 2.55. The topological polar surface area (TPSA) is 65.5 Å². The minimum Gasteiger partial charge on any atom is -0.351 e. The van der Waals surface area contributed by atoms with Crippen LogP contribution < -0.4 is 10.2 Å². The van der Waals surface area contributed by atoms with Crippen molar-refractivity contribution < 1.29 is 18.4 Å². The molecule has 3 amide bonds. The summed E-state index contributed by atoms with van der Waals surface area (Å²) < 4.78 is 27.3. The van der Waals surface area contributed by atoms with Crippen molar-refractivity contribution in [1.29, 1.82) is 0 Å². The summed E-state index contributed by atoms with van der Waals surface area (Å²) in [5, 5.41) is 2.87. The highest BCUT2D eigenvalue weighted by atomic mass is 19.1. The van der Waals surface area contributed by atoms with Crippen molar-refractivity contribution in [3.05, 3.63) is 23.9 Å². The second kappa shape index (κ2) is 6.48. The van der Waals surface area contributed by atoms with E-state index in [2.05, 4.69) is 10.3 Å². The van der Waals surface area contributed by atoms with Crippen molar-refractivity contribution in [2.24, 2.45) is 0 Å². The molecule has 8 heteroatoms. The van der Waals surface area contributed by atoms with E-state index in [0.29, 0.717) is 19.4 Å². The van der Waals surface area contributed by atoms with E-state index in [4.69, 9.17) is 0 Å². The number of nitrogens with one attached hydrogen (secondary N) is 1. The molecule has 0 aromatic carbocycles. The molecule has 26 heavy (non-hydrogen) atoms. The smallest absolute Gasteiger partial charge is 0.325 e. The third-order valence-electron chi connectivity index (χ3n) is 5.71. The Morgan fingerprint density at radius 2 is 1.92 bits per heavy atom. The standard InChI is InChI=1S/C18H22F2N4O2/c19-12-9-14(20)15(21-10-12)23-8-4-7-18(11-23)16(25)24(17(26)22-18)13-5-2-1-3-6-13/h9-10,13H,1-8,11H2,(H,22,26). The maximum Gasteiger partial charge on any atom is 0.325 e. The summed E-state index contributed by atoms with van der Waals surface area (Å²) >= 11 is 0. The molecule has 2 saturated heterocycles. The number of hydrogen-bond donors (Lipinski definition) is 1. The molecule has 4 rings (SSSR count). The molecule has 0 radical (unpaired) electrons. The fourth-order valence-electron chi connectivity index (χ4n) is 4.47. The first-order valence-corrected chi connectivity index (χ1v) is 9.22. The number of pyridine rings is 1.